The van der Waals surface area contributed by atoms with Crippen LogP contribution in [-0.4, -0.2) is 31.8 Å². The summed E-state index contributed by atoms with van der Waals surface area (Å²) in [5.74, 6) is 0.510. The van der Waals surface area contributed by atoms with Crippen molar-refractivity contribution in [2.24, 2.45) is 5.16 Å². The molecule has 0 amide bonds. The molecule has 1 rings (SSSR count). The molecular formula is C8H13NO3. The Balaban J connectivity index is 2.02. The third kappa shape index (κ3) is 3.98. The fraction of sp³-hybridized carbons (Fsp3) is 0.625. The monoisotopic (exact) mass is 171 g/mol. The van der Waals surface area contributed by atoms with Gasteiger partial charge in [-0.3, -0.25) is 0 Å². The van der Waals surface area contributed by atoms with Gasteiger partial charge in [0.1, 0.15) is 19.3 Å². The minimum atomic E-state index is 0.237. The van der Waals surface area contributed by atoms with E-state index in [0.717, 1.165) is 6.61 Å². The number of hydrogen-bond donors (Lipinski definition) is 0. The molecule has 4 nitrogen and oxygen atoms in total. The van der Waals surface area contributed by atoms with Gasteiger partial charge in [0.05, 0.1) is 6.61 Å². The first-order chi connectivity index (χ1) is 5.83. The van der Waals surface area contributed by atoms with Gasteiger partial charge in [0.15, 0.2) is 0 Å². The van der Waals surface area contributed by atoms with Crippen LogP contribution in [0, 0.1) is 0 Å². The molecule has 0 bridgehead atoms. The van der Waals surface area contributed by atoms with Crippen LogP contribution >= 0.6 is 0 Å². The van der Waals surface area contributed by atoms with E-state index in [1.807, 2.05) is 0 Å². The van der Waals surface area contributed by atoms with Crippen LogP contribution in [0.3, 0.4) is 0 Å². The first-order valence-corrected chi connectivity index (χ1v) is 3.85. The molecule has 1 fully saturated rings. The maximum Gasteiger partial charge on any atom is 0.222 e. The zero-order chi connectivity index (χ0) is 8.81. The Morgan fingerprint density at radius 1 is 1.83 bits per heavy atom. The molecular weight excluding hydrogens is 158 g/mol. The Morgan fingerprint density at radius 3 is 3.17 bits per heavy atom. The maximum absolute atomic E-state index is 5.06. The topological polar surface area (TPSA) is 43.4 Å². The number of nitrogens with zero attached hydrogens (tertiary/aromatic N) is 1. The van der Waals surface area contributed by atoms with Crippen molar-refractivity contribution in [3.8, 4) is 0 Å². The van der Waals surface area contributed by atoms with Crippen LogP contribution in [-0.2, 0) is 14.3 Å². The normalized spacial score (nSPS) is 21.8. The SMILES string of the molecule is C=CCOC(C)=NOCC1CO1. The van der Waals surface area contributed by atoms with E-state index in [-0.39, 0.29) is 6.10 Å². The smallest absolute Gasteiger partial charge is 0.222 e. The Morgan fingerprint density at radius 2 is 2.58 bits per heavy atom. The summed E-state index contributed by atoms with van der Waals surface area (Å²) in [6.07, 6.45) is 1.89. The van der Waals surface area contributed by atoms with E-state index in [9.17, 15) is 0 Å². The highest BCUT2D eigenvalue weighted by Crippen LogP contribution is 2.08. The Kier molecular flexibility index (Phi) is 3.60. The molecule has 4 heteroatoms. The minimum Gasteiger partial charge on any atom is -0.475 e. The van der Waals surface area contributed by atoms with Crippen molar-refractivity contribution in [3.05, 3.63) is 12.7 Å². The van der Waals surface area contributed by atoms with Gasteiger partial charge in [-0.1, -0.05) is 17.8 Å². The average Bonchev–Trinajstić information content (AvgIpc) is 2.84. The van der Waals surface area contributed by atoms with Gasteiger partial charge in [0, 0.05) is 6.92 Å². The third-order valence-corrected chi connectivity index (χ3v) is 1.27. The summed E-state index contributed by atoms with van der Waals surface area (Å²) >= 11 is 0. The second-order valence-electron chi connectivity index (χ2n) is 2.46. The summed E-state index contributed by atoms with van der Waals surface area (Å²) in [4.78, 5) is 4.92. The van der Waals surface area contributed by atoms with Crippen LogP contribution in [0.25, 0.3) is 0 Å². The second kappa shape index (κ2) is 4.77. The third-order valence-electron chi connectivity index (χ3n) is 1.27. The van der Waals surface area contributed by atoms with Gasteiger partial charge in [-0.25, -0.2) is 0 Å². The summed E-state index contributed by atoms with van der Waals surface area (Å²) in [6.45, 7) is 6.99. The highest BCUT2D eigenvalue weighted by molar-refractivity contribution is 5.72. The molecule has 12 heavy (non-hydrogen) atoms. The predicted molar refractivity (Wildman–Crippen MR) is 45.0 cm³/mol. The van der Waals surface area contributed by atoms with Crippen LogP contribution in [0.4, 0.5) is 0 Å². The quantitative estimate of drug-likeness (QED) is 0.203. The van der Waals surface area contributed by atoms with Gasteiger partial charge >= 0.3 is 0 Å². The summed E-state index contributed by atoms with van der Waals surface area (Å²) in [6, 6.07) is 0. The molecule has 1 unspecified atom stereocenters. The summed E-state index contributed by atoms with van der Waals surface area (Å²) < 4.78 is 9.98. The maximum atomic E-state index is 5.06. The van der Waals surface area contributed by atoms with E-state index < -0.39 is 0 Å². The molecule has 0 N–H and O–H groups in total. The van der Waals surface area contributed by atoms with Crippen molar-refractivity contribution >= 4 is 5.90 Å². The van der Waals surface area contributed by atoms with Crippen molar-refractivity contribution in [2.75, 3.05) is 19.8 Å². The first-order valence-electron chi connectivity index (χ1n) is 3.85. The first kappa shape index (κ1) is 9.06. The molecule has 0 aromatic carbocycles. The van der Waals surface area contributed by atoms with Crippen molar-refractivity contribution in [3.63, 3.8) is 0 Å². The zero-order valence-corrected chi connectivity index (χ0v) is 7.16. The Labute approximate surface area is 71.8 Å². The fourth-order valence-electron chi connectivity index (χ4n) is 0.581. The van der Waals surface area contributed by atoms with Crippen molar-refractivity contribution in [1.82, 2.24) is 0 Å². The lowest BCUT2D eigenvalue weighted by molar-refractivity contribution is 0.116. The lowest BCUT2D eigenvalue weighted by Crippen LogP contribution is -2.03. The van der Waals surface area contributed by atoms with Crippen LogP contribution in [0.5, 0.6) is 0 Å². The van der Waals surface area contributed by atoms with Crippen LogP contribution < -0.4 is 0 Å². The lowest BCUT2D eigenvalue weighted by Gasteiger charge is -2.00. The standard InChI is InChI=1S/C8H13NO3/c1-3-4-10-7(2)9-12-6-8-5-11-8/h3,8H,1,4-6H2,2H3. The fourth-order valence-corrected chi connectivity index (χ4v) is 0.581. The predicted octanol–water partition coefficient (Wildman–Crippen LogP) is 0.938. The molecule has 1 heterocycles. The molecule has 1 aliphatic rings. The lowest BCUT2D eigenvalue weighted by atomic mass is 10.5. The van der Waals surface area contributed by atoms with Crippen molar-refractivity contribution < 1.29 is 14.3 Å². The van der Waals surface area contributed by atoms with E-state index in [2.05, 4.69) is 11.7 Å². The summed E-state index contributed by atoms with van der Waals surface area (Å²) in [5.41, 5.74) is 0. The average molecular weight is 171 g/mol. The minimum absolute atomic E-state index is 0.237. The van der Waals surface area contributed by atoms with Crippen molar-refractivity contribution in [2.45, 2.75) is 13.0 Å². The number of ether oxygens (including phenoxy) is 2. The number of hydrogen-bond acceptors (Lipinski definition) is 4. The molecule has 0 saturated carbocycles. The van der Waals surface area contributed by atoms with Gasteiger partial charge in [-0.2, -0.15) is 0 Å². The van der Waals surface area contributed by atoms with Crippen LogP contribution in [0.2, 0.25) is 0 Å². The number of epoxide rings is 1. The molecule has 0 aliphatic carbocycles. The van der Waals surface area contributed by atoms with Gasteiger partial charge in [-0.05, 0) is 0 Å². The highest BCUT2D eigenvalue weighted by Gasteiger charge is 2.23. The Bertz CT molecular complexity index is 175. The number of rotatable bonds is 5. The second-order valence-corrected chi connectivity index (χ2v) is 2.46. The molecule has 0 radical (unpaired) electrons. The van der Waals surface area contributed by atoms with E-state index in [1.165, 1.54) is 0 Å². The molecule has 0 spiro atoms. The zero-order valence-electron chi connectivity index (χ0n) is 7.16. The molecule has 1 atom stereocenters. The molecule has 0 aromatic rings. The van der Waals surface area contributed by atoms with E-state index in [4.69, 9.17) is 14.3 Å². The van der Waals surface area contributed by atoms with Gasteiger partial charge in [-0.15, -0.1) is 0 Å². The van der Waals surface area contributed by atoms with Gasteiger partial charge < -0.3 is 14.3 Å². The molecule has 1 saturated heterocycles. The number of oxime groups is 1. The molecule has 0 aromatic heterocycles. The van der Waals surface area contributed by atoms with Crippen molar-refractivity contribution in [1.29, 1.82) is 0 Å². The van der Waals surface area contributed by atoms with E-state index >= 15 is 0 Å². The Hall–Kier alpha value is -1.03. The van der Waals surface area contributed by atoms with Gasteiger partial charge in [0.2, 0.25) is 5.90 Å². The van der Waals surface area contributed by atoms with Crippen LogP contribution in [0.15, 0.2) is 17.8 Å². The highest BCUT2D eigenvalue weighted by atomic mass is 16.7. The summed E-state index contributed by atoms with van der Waals surface area (Å²) in [5, 5.41) is 3.71. The van der Waals surface area contributed by atoms with Crippen LogP contribution in [0.1, 0.15) is 6.92 Å². The summed E-state index contributed by atoms with van der Waals surface area (Å²) in [7, 11) is 0. The van der Waals surface area contributed by atoms with E-state index in [1.54, 1.807) is 13.0 Å². The molecule has 1 aliphatic heterocycles. The largest absolute Gasteiger partial charge is 0.475 e. The molecule has 68 valence electrons. The van der Waals surface area contributed by atoms with E-state index in [0.29, 0.717) is 19.1 Å². The van der Waals surface area contributed by atoms with Gasteiger partial charge in [0.25, 0.3) is 0 Å².